The summed E-state index contributed by atoms with van der Waals surface area (Å²) in [6.07, 6.45) is 8.16. The lowest BCUT2D eigenvalue weighted by atomic mass is 10.3. The van der Waals surface area contributed by atoms with Gasteiger partial charge in [-0.05, 0) is 30.7 Å². The predicted molar refractivity (Wildman–Crippen MR) is 119 cm³/mol. The molecule has 1 N–H and O–H groups in total. The molecule has 3 aromatic heterocycles. The number of nitrogens with one attached hydrogen (secondary N) is 1. The van der Waals surface area contributed by atoms with Crippen molar-refractivity contribution in [2.24, 2.45) is 0 Å². The Balaban J connectivity index is 1.41. The first-order valence-electron chi connectivity index (χ1n) is 9.84. The van der Waals surface area contributed by atoms with Crippen molar-refractivity contribution in [3.8, 4) is 17.1 Å². The van der Waals surface area contributed by atoms with Crippen LogP contribution in [-0.4, -0.2) is 37.2 Å². The third-order valence-electron chi connectivity index (χ3n) is 4.96. The topological polar surface area (TPSA) is 88.8 Å². The Morgan fingerprint density at radius 1 is 1.03 bits per heavy atom. The zero-order chi connectivity index (χ0) is 21.2. The SMILES string of the molecule is O=C1CCCN1c1cncc(Nc2ncc(Cl)c(-c3ccn(-c4ccccc4)n3)n2)c1. The van der Waals surface area contributed by atoms with Gasteiger partial charge < -0.3 is 10.2 Å². The zero-order valence-corrected chi connectivity index (χ0v) is 17.2. The van der Waals surface area contributed by atoms with E-state index in [4.69, 9.17) is 11.6 Å². The highest BCUT2D eigenvalue weighted by Gasteiger charge is 2.22. The standard InChI is InChI=1S/C22H18ClN7O/c23-18-14-25-22(26-15-11-17(13-24-12-15)29-9-4-7-20(29)31)27-21(18)19-8-10-30(28-19)16-5-2-1-3-6-16/h1-3,5-6,8,10-14H,4,7,9H2,(H,25,26,27). The average Bonchev–Trinajstić information content (AvgIpc) is 3.45. The molecule has 1 fully saturated rings. The molecule has 31 heavy (non-hydrogen) atoms. The largest absolute Gasteiger partial charge is 0.323 e. The maximum atomic E-state index is 12.0. The minimum absolute atomic E-state index is 0.109. The quantitative estimate of drug-likeness (QED) is 0.508. The highest BCUT2D eigenvalue weighted by atomic mass is 35.5. The van der Waals surface area contributed by atoms with Crippen molar-refractivity contribution >= 4 is 34.8 Å². The van der Waals surface area contributed by atoms with Crippen molar-refractivity contribution < 1.29 is 4.79 Å². The zero-order valence-electron chi connectivity index (χ0n) is 16.4. The lowest BCUT2D eigenvalue weighted by molar-refractivity contribution is -0.117. The summed E-state index contributed by atoms with van der Waals surface area (Å²) in [4.78, 5) is 26.8. The van der Waals surface area contributed by atoms with E-state index < -0.39 is 0 Å². The van der Waals surface area contributed by atoms with Crippen LogP contribution in [0.1, 0.15) is 12.8 Å². The number of pyridine rings is 1. The summed E-state index contributed by atoms with van der Waals surface area (Å²) in [5.41, 5.74) is 3.53. The van der Waals surface area contributed by atoms with Gasteiger partial charge in [0, 0.05) is 19.2 Å². The van der Waals surface area contributed by atoms with Crippen LogP contribution >= 0.6 is 11.6 Å². The third kappa shape index (κ3) is 3.97. The Morgan fingerprint density at radius 3 is 2.71 bits per heavy atom. The van der Waals surface area contributed by atoms with Crippen LogP contribution in [0.4, 0.5) is 17.3 Å². The van der Waals surface area contributed by atoms with Gasteiger partial charge in [0.1, 0.15) is 11.4 Å². The Labute approximate surface area is 183 Å². The van der Waals surface area contributed by atoms with E-state index in [1.165, 1.54) is 6.20 Å². The highest BCUT2D eigenvalue weighted by molar-refractivity contribution is 6.32. The molecule has 5 rings (SSSR count). The molecule has 0 bridgehead atoms. The number of hydrogen-bond acceptors (Lipinski definition) is 6. The van der Waals surface area contributed by atoms with Gasteiger partial charge in [-0.25, -0.2) is 14.6 Å². The van der Waals surface area contributed by atoms with Crippen molar-refractivity contribution in [3.63, 3.8) is 0 Å². The fourth-order valence-electron chi connectivity index (χ4n) is 3.48. The molecular formula is C22H18ClN7O. The van der Waals surface area contributed by atoms with Gasteiger partial charge >= 0.3 is 0 Å². The Morgan fingerprint density at radius 2 is 1.90 bits per heavy atom. The molecule has 154 valence electrons. The second-order valence-corrected chi connectivity index (χ2v) is 7.48. The number of carbonyl (C=O) groups is 1. The van der Waals surface area contributed by atoms with E-state index in [1.54, 1.807) is 22.0 Å². The first-order valence-corrected chi connectivity index (χ1v) is 10.2. The molecule has 0 unspecified atom stereocenters. The number of carbonyl (C=O) groups excluding carboxylic acids is 1. The molecule has 0 atom stereocenters. The molecule has 1 saturated heterocycles. The van der Waals surface area contributed by atoms with Crippen LogP contribution in [0.2, 0.25) is 5.02 Å². The van der Waals surface area contributed by atoms with Crippen molar-refractivity contribution in [1.82, 2.24) is 24.7 Å². The van der Waals surface area contributed by atoms with Gasteiger partial charge in [-0.15, -0.1) is 0 Å². The number of hydrogen-bond donors (Lipinski definition) is 1. The number of benzene rings is 1. The van der Waals surface area contributed by atoms with E-state index in [1.807, 2.05) is 48.7 Å². The molecule has 1 aromatic carbocycles. The fraction of sp³-hybridized carbons (Fsp3) is 0.136. The van der Waals surface area contributed by atoms with Crippen LogP contribution in [-0.2, 0) is 4.79 Å². The van der Waals surface area contributed by atoms with Gasteiger partial charge in [-0.2, -0.15) is 5.10 Å². The van der Waals surface area contributed by atoms with Gasteiger partial charge in [0.25, 0.3) is 0 Å². The predicted octanol–water partition coefficient (Wildman–Crippen LogP) is 4.25. The van der Waals surface area contributed by atoms with Crippen LogP contribution < -0.4 is 10.2 Å². The van der Waals surface area contributed by atoms with Crippen molar-refractivity contribution in [2.45, 2.75) is 12.8 Å². The number of anilines is 3. The van der Waals surface area contributed by atoms with Crippen LogP contribution in [0.15, 0.2) is 67.3 Å². The normalized spacial score (nSPS) is 13.6. The summed E-state index contributed by atoms with van der Waals surface area (Å²) >= 11 is 6.36. The van der Waals surface area contributed by atoms with Gasteiger partial charge in [-0.3, -0.25) is 9.78 Å². The van der Waals surface area contributed by atoms with Gasteiger partial charge in [-0.1, -0.05) is 29.8 Å². The molecular weight excluding hydrogens is 414 g/mol. The van der Waals surface area contributed by atoms with Crippen molar-refractivity contribution in [3.05, 3.63) is 72.3 Å². The highest BCUT2D eigenvalue weighted by Crippen LogP contribution is 2.28. The molecule has 8 nitrogen and oxygen atoms in total. The van der Waals surface area contributed by atoms with E-state index in [0.29, 0.717) is 41.0 Å². The fourth-order valence-corrected chi connectivity index (χ4v) is 3.66. The first-order chi connectivity index (χ1) is 15.2. The van der Waals surface area contributed by atoms with Crippen LogP contribution in [0.25, 0.3) is 17.1 Å². The Kier molecular flexibility index (Phi) is 5.05. The lowest BCUT2D eigenvalue weighted by Gasteiger charge is -2.16. The molecule has 1 amide bonds. The monoisotopic (exact) mass is 431 g/mol. The maximum Gasteiger partial charge on any atom is 0.227 e. The summed E-state index contributed by atoms with van der Waals surface area (Å²) in [5.74, 6) is 0.471. The smallest absolute Gasteiger partial charge is 0.227 e. The van der Waals surface area contributed by atoms with Gasteiger partial charge in [0.15, 0.2) is 0 Å². The third-order valence-corrected chi connectivity index (χ3v) is 5.24. The van der Waals surface area contributed by atoms with E-state index in [0.717, 1.165) is 17.8 Å². The minimum atomic E-state index is 0.109. The first kappa shape index (κ1) is 19.2. The minimum Gasteiger partial charge on any atom is -0.323 e. The number of aromatic nitrogens is 5. The molecule has 0 spiro atoms. The van der Waals surface area contributed by atoms with E-state index in [-0.39, 0.29) is 5.91 Å². The lowest BCUT2D eigenvalue weighted by Crippen LogP contribution is -2.23. The van der Waals surface area contributed by atoms with Crippen LogP contribution in [0, 0.1) is 0 Å². The number of nitrogens with zero attached hydrogens (tertiary/aromatic N) is 6. The van der Waals surface area contributed by atoms with Crippen LogP contribution in [0.3, 0.4) is 0 Å². The average molecular weight is 432 g/mol. The van der Waals surface area contributed by atoms with E-state index in [9.17, 15) is 4.79 Å². The number of para-hydroxylation sites is 1. The van der Waals surface area contributed by atoms with E-state index >= 15 is 0 Å². The number of amides is 1. The Bertz CT molecular complexity index is 1240. The summed E-state index contributed by atoms with van der Waals surface area (Å²) in [6.45, 7) is 0.704. The Hall–Kier alpha value is -3.78. The van der Waals surface area contributed by atoms with Gasteiger partial charge in [0.2, 0.25) is 11.9 Å². The molecule has 4 aromatic rings. The van der Waals surface area contributed by atoms with Crippen molar-refractivity contribution in [2.75, 3.05) is 16.8 Å². The summed E-state index contributed by atoms with van der Waals surface area (Å²) in [7, 11) is 0. The summed E-state index contributed by atoms with van der Waals surface area (Å²) in [6, 6.07) is 13.5. The molecule has 0 saturated carbocycles. The number of rotatable bonds is 5. The molecule has 1 aliphatic heterocycles. The van der Waals surface area contributed by atoms with Crippen LogP contribution in [0.5, 0.6) is 0 Å². The summed E-state index contributed by atoms with van der Waals surface area (Å²) < 4.78 is 1.77. The second kappa shape index (κ2) is 8.16. The van der Waals surface area contributed by atoms with E-state index in [2.05, 4.69) is 25.4 Å². The second-order valence-electron chi connectivity index (χ2n) is 7.08. The summed E-state index contributed by atoms with van der Waals surface area (Å²) in [5, 5.41) is 8.14. The molecule has 9 heteroatoms. The molecule has 4 heterocycles. The number of halogens is 1. The van der Waals surface area contributed by atoms with Gasteiger partial charge in [0.05, 0.1) is 40.7 Å². The molecule has 0 radical (unpaired) electrons. The molecule has 1 aliphatic rings. The van der Waals surface area contributed by atoms with Crippen molar-refractivity contribution in [1.29, 1.82) is 0 Å². The maximum absolute atomic E-state index is 12.0. The molecule has 0 aliphatic carbocycles.